The second-order valence-electron chi connectivity index (χ2n) is 3.47. The van der Waals surface area contributed by atoms with Crippen LogP contribution in [-0.2, 0) is 6.42 Å². The lowest BCUT2D eigenvalue weighted by Gasteiger charge is -2.01. The van der Waals surface area contributed by atoms with E-state index in [4.69, 9.17) is 0 Å². The van der Waals surface area contributed by atoms with Crippen LogP contribution in [0.5, 0.6) is 5.75 Å². The van der Waals surface area contributed by atoms with E-state index in [0.29, 0.717) is 5.75 Å². The fraction of sp³-hybridized carbons (Fsp3) is 0.400. The van der Waals surface area contributed by atoms with Crippen molar-refractivity contribution in [3.63, 3.8) is 0 Å². The van der Waals surface area contributed by atoms with E-state index in [1.54, 1.807) is 6.07 Å². The average Bonchev–Trinajstić information content (AvgIpc) is 2.68. The fourth-order valence-corrected chi connectivity index (χ4v) is 2.13. The molecule has 0 bridgehead atoms. The highest BCUT2D eigenvalue weighted by Gasteiger charge is 2.21. The third-order valence-corrected chi connectivity index (χ3v) is 2.79. The predicted octanol–water partition coefficient (Wildman–Crippen LogP) is 2.95. The standard InChI is InChI=1S/C10H11IO/c11-9-4-8(3-7-1-2-7)5-10(12)6-9/h4-7,12H,1-3H2. The number of halogens is 1. The average molecular weight is 274 g/mol. The molecular formula is C10H11IO. The topological polar surface area (TPSA) is 20.2 Å². The largest absolute Gasteiger partial charge is 0.508 e. The van der Waals surface area contributed by atoms with Crippen molar-refractivity contribution in [3.8, 4) is 5.75 Å². The maximum Gasteiger partial charge on any atom is 0.116 e. The molecule has 12 heavy (non-hydrogen) atoms. The Morgan fingerprint density at radius 2 is 2.08 bits per heavy atom. The molecule has 0 unspecified atom stereocenters. The van der Waals surface area contributed by atoms with Gasteiger partial charge in [-0.25, -0.2) is 0 Å². The predicted molar refractivity (Wildman–Crippen MR) is 57.3 cm³/mol. The molecule has 0 spiro atoms. The van der Waals surface area contributed by atoms with Gasteiger partial charge in [-0.05, 0) is 71.5 Å². The van der Waals surface area contributed by atoms with Gasteiger partial charge in [-0.3, -0.25) is 0 Å². The minimum atomic E-state index is 0.401. The number of benzene rings is 1. The van der Waals surface area contributed by atoms with Crippen molar-refractivity contribution in [2.45, 2.75) is 19.3 Å². The van der Waals surface area contributed by atoms with Crippen molar-refractivity contribution in [2.24, 2.45) is 5.92 Å². The van der Waals surface area contributed by atoms with E-state index >= 15 is 0 Å². The van der Waals surface area contributed by atoms with Crippen LogP contribution in [0.2, 0.25) is 0 Å². The maximum atomic E-state index is 9.32. The van der Waals surface area contributed by atoms with Gasteiger partial charge in [0.05, 0.1) is 0 Å². The smallest absolute Gasteiger partial charge is 0.116 e. The van der Waals surface area contributed by atoms with Crippen LogP contribution in [0.1, 0.15) is 18.4 Å². The molecule has 0 atom stereocenters. The van der Waals surface area contributed by atoms with Gasteiger partial charge in [-0.2, -0.15) is 0 Å². The third kappa shape index (κ3) is 2.12. The number of aromatic hydroxyl groups is 1. The van der Waals surface area contributed by atoms with Gasteiger partial charge in [-0.1, -0.05) is 0 Å². The second kappa shape index (κ2) is 3.24. The summed E-state index contributed by atoms with van der Waals surface area (Å²) < 4.78 is 1.13. The van der Waals surface area contributed by atoms with E-state index in [-0.39, 0.29) is 0 Å². The first kappa shape index (κ1) is 8.35. The first-order valence-corrected chi connectivity index (χ1v) is 5.30. The summed E-state index contributed by atoms with van der Waals surface area (Å²) in [7, 11) is 0. The molecule has 0 aromatic heterocycles. The van der Waals surface area contributed by atoms with E-state index in [1.807, 2.05) is 6.07 Å². The van der Waals surface area contributed by atoms with Crippen LogP contribution in [0, 0.1) is 9.49 Å². The van der Waals surface area contributed by atoms with Gasteiger partial charge in [0.2, 0.25) is 0 Å². The van der Waals surface area contributed by atoms with E-state index in [1.165, 1.54) is 18.4 Å². The van der Waals surface area contributed by atoms with Crippen molar-refractivity contribution >= 4 is 22.6 Å². The molecule has 1 aliphatic carbocycles. The van der Waals surface area contributed by atoms with Crippen LogP contribution in [-0.4, -0.2) is 5.11 Å². The molecule has 1 aromatic rings. The molecule has 1 aromatic carbocycles. The molecule has 0 aliphatic heterocycles. The SMILES string of the molecule is Oc1cc(I)cc(CC2CC2)c1. The van der Waals surface area contributed by atoms with Gasteiger partial charge >= 0.3 is 0 Å². The molecule has 1 fully saturated rings. The summed E-state index contributed by atoms with van der Waals surface area (Å²) in [5.74, 6) is 1.29. The van der Waals surface area contributed by atoms with Crippen molar-refractivity contribution in [1.29, 1.82) is 0 Å². The molecule has 2 heteroatoms. The lowest BCUT2D eigenvalue weighted by atomic mass is 10.1. The Hall–Kier alpha value is -0.250. The normalized spacial score (nSPS) is 16.4. The second-order valence-corrected chi connectivity index (χ2v) is 4.71. The summed E-state index contributed by atoms with van der Waals surface area (Å²) in [6.07, 6.45) is 3.88. The number of phenols is 1. The fourth-order valence-electron chi connectivity index (χ4n) is 1.41. The van der Waals surface area contributed by atoms with Gasteiger partial charge in [0.15, 0.2) is 0 Å². The molecule has 1 N–H and O–H groups in total. The van der Waals surface area contributed by atoms with Gasteiger partial charge in [0.25, 0.3) is 0 Å². The molecule has 1 saturated carbocycles. The number of hydrogen-bond donors (Lipinski definition) is 1. The zero-order valence-electron chi connectivity index (χ0n) is 6.76. The van der Waals surface area contributed by atoms with Crippen LogP contribution < -0.4 is 0 Å². The Labute approximate surface area is 85.9 Å². The zero-order valence-corrected chi connectivity index (χ0v) is 8.91. The maximum absolute atomic E-state index is 9.32. The summed E-state index contributed by atoms with van der Waals surface area (Å²) in [6.45, 7) is 0. The Morgan fingerprint density at radius 3 is 2.67 bits per heavy atom. The third-order valence-electron chi connectivity index (χ3n) is 2.16. The molecular weight excluding hydrogens is 263 g/mol. The Balaban J connectivity index is 2.18. The van der Waals surface area contributed by atoms with E-state index in [2.05, 4.69) is 28.7 Å². The summed E-state index contributed by atoms with van der Waals surface area (Å²) in [4.78, 5) is 0. The van der Waals surface area contributed by atoms with Gasteiger partial charge in [-0.15, -0.1) is 0 Å². The quantitative estimate of drug-likeness (QED) is 0.822. The van der Waals surface area contributed by atoms with Crippen molar-refractivity contribution < 1.29 is 5.11 Å². The highest BCUT2D eigenvalue weighted by molar-refractivity contribution is 14.1. The molecule has 0 radical (unpaired) electrons. The molecule has 2 rings (SSSR count). The Kier molecular flexibility index (Phi) is 2.26. The Bertz CT molecular complexity index is 272. The molecule has 64 valence electrons. The number of phenolic OH excluding ortho intramolecular Hbond substituents is 1. The van der Waals surface area contributed by atoms with Crippen molar-refractivity contribution in [2.75, 3.05) is 0 Å². The van der Waals surface area contributed by atoms with E-state index in [9.17, 15) is 5.11 Å². The highest BCUT2D eigenvalue weighted by Crippen LogP contribution is 2.33. The molecule has 0 saturated heterocycles. The summed E-state index contributed by atoms with van der Waals surface area (Å²) in [6, 6.07) is 5.82. The van der Waals surface area contributed by atoms with Gasteiger partial charge in [0, 0.05) is 3.57 Å². The first-order chi connectivity index (χ1) is 5.74. The number of rotatable bonds is 2. The Morgan fingerprint density at radius 1 is 1.33 bits per heavy atom. The van der Waals surface area contributed by atoms with Crippen molar-refractivity contribution in [1.82, 2.24) is 0 Å². The highest BCUT2D eigenvalue weighted by atomic mass is 127. The van der Waals surface area contributed by atoms with Crippen LogP contribution in [0.15, 0.2) is 18.2 Å². The van der Waals surface area contributed by atoms with E-state index < -0.39 is 0 Å². The van der Waals surface area contributed by atoms with Crippen molar-refractivity contribution in [3.05, 3.63) is 27.3 Å². The summed E-state index contributed by atoms with van der Waals surface area (Å²) >= 11 is 2.24. The summed E-state index contributed by atoms with van der Waals surface area (Å²) in [5.41, 5.74) is 1.28. The summed E-state index contributed by atoms with van der Waals surface area (Å²) in [5, 5.41) is 9.32. The monoisotopic (exact) mass is 274 g/mol. The van der Waals surface area contributed by atoms with Gasteiger partial charge < -0.3 is 5.11 Å². The van der Waals surface area contributed by atoms with Crippen LogP contribution in [0.25, 0.3) is 0 Å². The lowest BCUT2D eigenvalue weighted by Crippen LogP contribution is -1.87. The van der Waals surface area contributed by atoms with Crippen LogP contribution >= 0.6 is 22.6 Å². The zero-order chi connectivity index (χ0) is 8.55. The molecule has 0 amide bonds. The molecule has 1 nitrogen and oxygen atoms in total. The van der Waals surface area contributed by atoms with E-state index in [0.717, 1.165) is 15.9 Å². The molecule has 0 heterocycles. The minimum Gasteiger partial charge on any atom is -0.508 e. The lowest BCUT2D eigenvalue weighted by molar-refractivity contribution is 0.474. The van der Waals surface area contributed by atoms with Gasteiger partial charge in [0.1, 0.15) is 5.75 Å². The van der Waals surface area contributed by atoms with Crippen LogP contribution in [0.4, 0.5) is 0 Å². The number of hydrogen-bond acceptors (Lipinski definition) is 1. The van der Waals surface area contributed by atoms with Crippen LogP contribution in [0.3, 0.4) is 0 Å². The first-order valence-electron chi connectivity index (χ1n) is 4.22. The molecule has 1 aliphatic rings. The minimum absolute atomic E-state index is 0.401.